The minimum absolute atomic E-state index is 0. The van der Waals surface area contributed by atoms with E-state index in [4.69, 9.17) is 4.74 Å². The number of halogens is 4. The van der Waals surface area contributed by atoms with E-state index in [9.17, 15) is 13.2 Å². The van der Waals surface area contributed by atoms with Gasteiger partial charge in [-0.15, -0.1) is 12.4 Å². The summed E-state index contributed by atoms with van der Waals surface area (Å²) in [6.45, 7) is 0. The van der Waals surface area contributed by atoms with Crippen LogP contribution in [0.1, 0.15) is 5.56 Å². The molecule has 0 atom stereocenters. The number of aromatic nitrogens is 4. The molecule has 0 unspecified atom stereocenters. The summed E-state index contributed by atoms with van der Waals surface area (Å²) in [6.07, 6.45) is -2.98. The fourth-order valence-electron chi connectivity index (χ4n) is 3.34. The van der Waals surface area contributed by atoms with Crippen LogP contribution in [0.15, 0.2) is 79.1 Å². The summed E-state index contributed by atoms with van der Waals surface area (Å²) >= 11 is 0. The van der Waals surface area contributed by atoms with Crippen LogP contribution in [0, 0.1) is 0 Å². The second kappa shape index (κ2) is 8.39. The van der Waals surface area contributed by atoms with Crippen LogP contribution in [0.2, 0.25) is 0 Å². The fourth-order valence-corrected chi connectivity index (χ4v) is 3.34. The predicted molar refractivity (Wildman–Crippen MR) is 118 cm³/mol. The number of para-hydroxylation sites is 1. The number of H-pyrrole nitrogens is 2. The van der Waals surface area contributed by atoms with Crippen molar-refractivity contribution in [2.45, 2.75) is 6.18 Å². The van der Waals surface area contributed by atoms with Gasteiger partial charge in [-0.2, -0.15) is 18.3 Å². The lowest BCUT2D eigenvalue weighted by molar-refractivity contribution is -0.138. The van der Waals surface area contributed by atoms with Crippen LogP contribution >= 0.6 is 12.4 Å². The Morgan fingerprint density at radius 3 is 2.41 bits per heavy atom. The van der Waals surface area contributed by atoms with Crippen molar-refractivity contribution >= 4 is 23.4 Å². The molecule has 5 aromatic rings. The highest BCUT2D eigenvalue weighted by atomic mass is 35.5. The third kappa shape index (κ3) is 4.17. The summed E-state index contributed by atoms with van der Waals surface area (Å²) < 4.78 is 46.6. The Morgan fingerprint density at radius 2 is 1.62 bits per heavy atom. The Bertz CT molecular complexity index is 1360. The van der Waals surface area contributed by atoms with E-state index in [1.165, 1.54) is 6.07 Å². The highest BCUT2D eigenvalue weighted by molar-refractivity contribution is 5.85. The van der Waals surface area contributed by atoms with Crippen LogP contribution < -0.4 is 4.74 Å². The fraction of sp³-hybridized carbons (Fsp3) is 0.0435. The SMILES string of the molecule is Cl.FC(F)(F)c1cc(-c2cc(-c3ccc4nc[nH]c4c3)[nH]n2)ccc1Oc1ccccc1. The monoisotopic (exact) mass is 456 g/mol. The largest absolute Gasteiger partial charge is 0.457 e. The maximum absolute atomic E-state index is 13.7. The summed E-state index contributed by atoms with van der Waals surface area (Å²) in [5.74, 6) is 0.0694. The standard InChI is InChI=1S/C23H15F3N4O.ClH/c24-23(25,26)17-10-14(7-9-22(17)31-16-4-2-1-3-5-16)19-12-20(30-29-19)15-6-8-18-21(11-15)28-13-27-18;/h1-13H,(H,27,28)(H,29,30);1H. The number of nitrogens with zero attached hydrogens (tertiary/aromatic N) is 2. The Kier molecular flexibility index (Phi) is 5.63. The highest BCUT2D eigenvalue weighted by Crippen LogP contribution is 2.40. The first-order valence-corrected chi connectivity index (χ1v) is 9.41. The molecule has 162 valence electrons. The highest BCUT2D eigenvalue weighted by Gasteiger charge is 2.35. The number of alkyl halides is 3. The van der Waals surface area contributed by atoms with Gasteiger partial charge in [0, 0.05) is 11.1 Å². The zero-order chi connectivity index (χ0) is 21.4. The number of ether oxygens (including phenoxy) is 1. The van der Waals surface area contributed by atoms with Gasteiger partial charge in [0.05, 0.1) is 34.3 Å². The van der Waals surface area contributed by atoms with Gasteiger partial charge in [-0.3, -0.25) is 5.10 Å². The number of benzene rings is 3. The zero-order valence-electron chi connectivity index (χ0n) is 16.4. The number of hydrogen-bond acceptors (Lipinski definition) is 3. The van der Waals surface area contributed by atoms with E-state index in [1.807, 2.05) is 18.2 Å². The molecule has 0 amide bonds. The molecule has 9 heteroatoms. The van der Waals surface area contributed by atoms with Crippen molar-refractivity contribution in [3.8, 4) is 34.0 Å². The smallest absolute Gasteiger partial charge is 0.420 e. The summed E-state index contributed by atoms with van der Waals surface area (Å²) in [5.41, 5.74) is 3.08. The van der Waals surface area contributed by atoms with Crippen LogP contribution in [-0.2, 0) is 6.18 Å². The minimum atomic E-state index is -4.58. The molecule has 2 N–H and O–H groups in total. The zero-order valence-corrected chi connectivity index (χ0v) is 17.2. The van der Waals surface area contributed by atoms with Crippen LogP contribution in [-0.4, -0.2) is 20.2 Å². The second-order valence-electron chi connectivity index (χ2n) is 6.93. The average Bonchev–Trinajstić information content (AvgIpc) is 3.43. The van der Waals surface area contributed by atoms with E-state index in [1.54, 1.807) is 48.8 Å². The molecule has 5 nitrogen and oxygen atoms in total. The molecule has 0 saturated heterocycles. The third-order valence-corrected chi connectivity index (χ3v) is 4.86. The lowest BCUT2D eigenvalue weighted by atomic mass is 10.0. The molecule has 0 aliphatic heterocycles. The van der Waals surface area contributed by atoms with Crippen molar-refractivity contribution in [1.29, 1.82) is 0 Å². The molecule has 0 fully saturated rings. The molecule has 0 aliphatic carbocycles. The summed E-state index contributed by atoms with van der Waals surface area (Å²) in [5, 5.41) is 7.10. The lowest BCUT2D eigenvalue weighted by Gasteiger charge is -2.14. The molecular formula is C23H16ClF3N4O. The predicted octanol–water partition coefficient (Wildman–Crippen LogP) is 6.85. The van der Waals surface area contributed by atoms with E-state index >= 15 is 0 Å². The van der Waals surface area contributed by atoms with E-state index < -0.39 is 11.7 Å². The molecule has 5 rings (SSSR count). The molecule has 0 radical (unpaired) electrons. The van der Waals surface area contributed by atoms with Gasteiger partial charge in [0.1, 0.15) is 11.5 Å². The number of nitrogens with one attached hydrogen (secondary N) is 2. The van der Waals surface area contributed by atoms with Gasteiger partial charge in [-0.1, -0.05) is 24.3 Å². The van der Waals surface area contributed by atoms with E-state index in [2.05, 4.69) is 20.2 Å². The van der Waals surface area contributed by atoms with Gasteiger partial charge >= 0.3 is 6.18 Å². The summed E-state index contributed by atoms with van der Waals surface area (Å²) in [4.78, 5) is 7.21. The topological polar surface area (TPSA) is 66.6 Å². The average molecular weight is 457 g/mol. The van der Waals surface area contributed by atoms with Crippen LogP contribution in [0.3, 0.4) is 0 Å². The van der Waals surface area contributed by atoms with Crippen LogP contribution in [0.25, 0.3) is 33.5 Å². The minimum Gasteiger partial charge on any atom is -0.457 e. The van der Waals surface area contributed by atoms with Gasteiger partial charge in [0.2, 0.25) is 0 Å². The normalized spacial score (nSPS) is 11.3. The number of aromatic amines is 2. The first kappa shape index (κ1) is 21.5. The first-order valence-electron chi connectivity index (χ1n) is 9.41. The summed E-state index contributed by atoms with van der Waals surface area (Å²) in [6, 6.07) is 19.6. The lowest BCUT2D eigenvalue weighted by Crippen LogP contribution is -2.07. The molecular weight excluding hydrogens is 441 g/mol. The molecule has 0 saturated carbocycles. The van der Waals surface area contributed by atoms with Crippen molar-refractivity contribution in [2.24, 2.45) is 0 Å². The Morgan fingerprint density at radius 1 is 0.844 bits per heavy atom. The Labute approximate surface area is 186 Å². The van der Waals surface area contributed by atoms with Crippen molar-refractivity contribution in [3.63, 3.8) is 0 Å². The van der Waals surface area contributed by atoms with E-state index in [-0.39, 0.29) is 18.2 Å². The molecule has 0 aliphatic rings. The number of fused-ring (bicyclic) bond motifs is 1. The molecule has 0 spiro atoms. The molecule has 0 bridgehead atoms. The maximum atomic E-state index is 13.7. The van der Waals surface area contributed by atoms with Gasteiger partial charge in [-0.05, 0) is 48.5 Å². The van der Waals surface area contributed by atoms with Gasteiger partial charge in [0.15, 0.2) is 0 Å². The van der Waals surface area contributed by atoms with Crippen LogP contribution in [0.4, 0.5) is 13.2 Å². The van der Waals surface area contributed by atoms with Gasteiger partial charge in [-0.25, -0.2) is 4.98 Å². The van der Waals surface area contributed by atoms with Crippen molar-refractivity contribution in [1.82, 2.24) is 20.2 Å². The molecule has 32 heavy (non-hydrogen) atoms. The Hall–Kier alpha value is -3.78. The third-order valence-electron chi connectivity index (χ3n) is 4.86. The second-order valence-corrected chi connectivity index (χ2v) is 6.93. The molecule has 3 aromatic carbocycles. The number of imidazole rings is 1. The van der Waals surface area contributed by atoms with E-state index in [0.717, 1.165) is 22.7 Å². The number of rotatable bonds is 4. The Balaban J connectivity index is 0.00000245. The van der Waals surface area contributed by atoms with Crippen molar-refractivity contribution in [2.75, 3.05) is 0 Å². The molecule has 2 heterocycles. The molecule has 2 aromatic heterocycles. The first-order chi connectivity index (χ1) is 15.0. The summed E-state index contributed by atoms with van der Waals surface area (Å²) in [7, 11) is 0. The van der Waals surface area contributed by atoms with Crippen LogP contribution in [0.5, 0.6) is 11.5 Å². The maximum Gasteiger partial charge on any atom is 0.420 e. The van der Waals surface area contributed by atoms with Crippen molar-refractivity contribution < 1.29 is 17.9 Å². The van der Waals surface area contributed by atoms with Gasteiger partial charge in [0.25, 0.3) is 0 Å². The quantitative estimate of drug-likeness (QED) is 0.310. The number of hydrogen-bond donors (Lipinski definition) is 2. The van der Waals surface area contributed by atoms with Crippen molar-refractivity contribution in [3.05, 3.63) is 84.7 Å². The van der Waals surface area contributed by atoms with E-state index in [0.29, 0.717) is 22.7 Å². The van der Waals surface area contributed by atoms with Gasteiger partial charge < -0.3 is 9.72 Å².